The first-order valence-corrected chi connectivity index (χ1v) is 13.7. The van der Waals surface area contributed by atoms with Crippen LogP contribution in [0.2, 0.25) is 0 Å². The molecule has 41 heavy (non-hydrogen) atoms. The van der Waals surface area contributed by atoms with Crippen LogP contribution in [-0.4, -0.2) is 9.55 Å². The number of rotatable bonds is 3. The molecule has 192 valence electrons. The predicted octanol–water partition coefficient (Wildman–Crippen LogP) is 10.2. The molecule has 0 aliphatic heterocycles. The molecule has 3 aromatic heterocycles. The minimum atomic E-state index is 0.542. The van der Waals surface area contributed by atoms with E-state index in [2.05, 4.69) is 114 Å². The first-order valence-electron chi connectivity index (χ1n) is 13.7. The highest BCUT2D eigenvalue weighted by Gasteiger charge is 2.22. The Balaban J connectivity index is 1.32. The lowest BCUT2D eigenvalue weighted by atomic mass is 9.98. The first kappa shape index (κ1) is 22.2. The van der Waals surface area contributed by atoms with E-state index in [0.717, 1.165) is 55.2 Å². The van der Waals surface area contributed by atoms with Crippen molar-refractivity contribution in [2.75, 3.05) is 0 Å². The Labute approximate surface area is 234 Å². The van der Waals surface area contributed by atoms with Gasteiger partial charge < -0.3 is 8.83 Å². The number of hydrogen-bond acceptors (Lipinski definition) is 3. The summed E-state index contributed by atoms with van der Waals surface area (Å²) in [7, 11) is 0. The van der Waals surface area contributed by atoms with Gasteiger partial charge in [-0.3, -0.25) is 4.57 Å². The second kappa shape index (κ2) is 8.44. The Hall–Kier alpha value is -5.61. The number of aromatic nitrogens is 2. The number of nitrogens with zero attached hydrogens (tertiary/aromatic N) is 2. The molecular formula is C37H22N2O2. The first-order chi connectivity index (χ1) is 20.3. The molecule has 0 spiro atoms. The second-order valence-electron chi connectivity index (χ2n) is 10.4. The number of furan rings is 1. The van der Waals surface area contributed by atoms with E-state index in [1.807, 2.05) is 24.3 Å². The highest BCUT2D eigenvalue weighted by atomic mass is 16.4. The zero-order valence-electron chi connectivity index (χ0n) is 21.9. The molecule has 9 aromatic rings. The van der Waals surface area contributed by atoms with E-state index in [-0.39, 0.29) is 0 Å². The van der Waals surface area contributed by atoms with Crippen LogP contribution in [-0.2, 0) is 0 Å². The molecule has 0 bridgehead atoms. The Bertz CT molecular complexity index is 2350. The topological polar surface area (TPSA) is 44.1 Å². The summed E-state index contributed by atoms with van der Waals surface area (Å²) < 4.78 is 15.3. The summed E-state index contributed by atoms with van der Waals surface area (Å²) in [5.41, 5.74) is 9.69. The zero-order chi connectivity index (χ0) is 26.9. The van der Waals surface area contributed by atoms with Crippen molar-refractivity contribution in [1.29, 1.82) is 0 Å². The van der Waals surface area contributed by atoms with Crippen LogP contribution < -0.4 is 0 Å². The fourth-order valence-corrected chi connectivity index (χ4v) is 6.17. The molecule has 6 aromatic carbocycles. The highest BCUT2D eigenvalue weighted by molar-refractivity contribution is 6.20. The number of fused-ring (bicyclic) bond motifs is 8. The molecule has 0 saturated heterocycles. The van der Waals surface area contributed by atoms with Gasteiger partial charge in [-0.25, -0.2) is 0 Å². The van der Waals surface area contributed by atoms with Crippen LogP contribution in [0.4, 0.5) is 0 Å². The van der Waals surface area contributed by atoms with Crippen molar-refractivity contribution in [1.82, 2.24) is 9.55 Å². The van der Waals surface area contributed by atoms with Crippen molar-refractivity contribution in [2.45, 2.75) is 0 Å². The predicted molar refractivity (Wildman–Crippen MR) is 166 cm³/mol. The van der Waals surface area contributed by atoms with Gasteiger partial charge in [-0.1, -0.05) is 109 Å². The molecule has 0 aliphatic rings. The Morgan fingerprint density at radius 2 is 1.07 bits per heavy atom. The van der Waals surface area contributed by atoms with Gasteiger partial charge in [0.15, 0.2) is 5.58 Å². The van der Waals surface area contributed by atoms with Crippen LogP contribution in [0.1, 0.15) is 0 Å². The van der Waals surface area contributed by atoms with Crippen LogP contribution in [0.5, 0.6) is 0 Å². The minimum absolute atomic E-state index is 0.542. The van der Waals surface area contributed by atoms with Crippen molar-refractivity contribution >= 4 is 54.8 Å². The average Bonchev–Trinajstić information content (AvgIpc) is 3.72. The van der Waals surface area contributed by atoms with Crippen LogP contribution in [0.15, 0.2) is 142 Å². The monoisotopic (exact) mass is 526 g/mol. The van der Waals surface area contributed by atoms with Crippen molar-refractivity contribution in [3.05, 3.63) is 133 Å². The fraction of sp³-hybridized carbons (Fsp3) is 0. The Kier molecular flexibility index (Phi) is 4.58. The largest absolute Gasteiger partial charge is 0.455 e. The molecule has 0 unspecified atom stereocenters. The maximum Gasteiger partial charge on any atom is 0.307 e. The summed E-state index contributed by atoms with van der Waals surface area (Å²) in [5, 5.41) is 4.30. The quantitative estimate of drug-likeness (QED) is 0.230. The summed E-state index contributed by atoms with van der Waals surface area (Å²) in [6, 6.07) is 46.6. The Morgan fingerprint density at radius 3 is 1.80 bits per heavy atom. The molecule has 0 aliphatic carbocycles. The third-order valence-corrected chi connectivity index (χ3v) is 8.06. The van der Waals surface area contributed by atoms with Gasteiger partial charge in [0, 0.05) is 21.7 Å². The van der Waals surface area contributed by atoms with Crippen molar-refractivity contribution in [3.63, 3.8) is 0 Å². The minimum Gasteiger partial charge on any atom is -0.455 e. The molecule has 0 N–H and O–H groups in total. The highest BCUT2D eigenvalue weighted by Crippen LogP contribution is 2.42. The van der Waals surface area contributed by atoms with Crippen LogP contribution in [0.3, 0.4) is 0 Å². The van der Waals surface area contributed by atoms with Gasteiger partial charge in [0.05, 0.1) is 16.4 Å². The lowest BCUT2D eigenvalue weighted by Crippen LogP contribution is -1.93. The molecule has 9 rings (SSSR count). The van der Waals surface area contributed by atoms with Crippen molar-refractivity contribution < 1.29 is 8.83 Å². The Morgan fingerprint density at radius 1 is 0.488 bits per heavy atom. The van der Waals surface area contributed by atoms with Gasteiger partial charge in [0.25, 0.3) is 0 Å². The smallest absolute Gasteiger partial charge is 0.307 e. The van der Waals surface area contributed by atoms with Gasteiger partial charge in [-0.2, -0.15) is 4.98 Å². The number of hydrogen-bond donors (Lipinski definition) is 0. The standard InChI is InChI=1S/C37H22N2O2/c1-2-10-23(11-3-1)24-18-20-25(21-19-24)29-22-30-36(34-28-14-6-9-17-33(28)40-35(29)34)41-37(38-30)39-31-15-7-4-12-26(31)27-13-5-8-16-32(27)39/h1-22H. The maximum atomic E-state index is 6.67. The average molecular weight is 527 g/mol. The van der Waals surface area contributed by atoms with E-state index in [9.17, 15) is 0 Å². The van der Waals surface area contributed by atoms with Crippen LogP contribution >= 0.6 is 0 Å². The summed E-state index contributed by atoms with van der Waals surface area (Å²) >= 11 is 0. The molecule has 0 radical (unpaired) electrons. The van der Waals surface area contributed by atoms with Crippen molar-refractivity contribution in [2.24, 2.45) is 0 Å². The van der Waals surface area contributed by atoms with E-state index in [0.29, 0.717) is 6.01 Å². The summed E-state index contributed by atoms with van der Waals surface area (Å²) in [5.74, 6) is 0. The molecule has 0 amide bonds. The SMILES string of the molecule is c1ccc(-c2ccc(-c3cc4nc(-n5c6ccccc6c6ccccc65)oc4c4c3oc3ccccc34)cc2)cc1. The lowest BCUT2D eigenvalue weighted by molar-refractivity contribution is 0.577. The number of benzene rings is 6. The fourth-order valence-electron chi connectivity index (χ4n) is 6.17. The van der Waals surface area contributed by atoms with E-state index < -0.39 is 0 Å². The number of oxazole rings is 1. The molecule has 4 heteroatoms. The van der Waals surface area contributed by atoms with E-state index in [1.54, 1.807) is 0 Å². The molecular weight excluding hydrogens is 504 g/mol. The van der Waals surface area contributed by atoms with Crippen LogP contribution in [0.25, 0.3) is 83.1 Å². The molecule has 3 heterocycles. The lowest BCUT2D eigenvalue weighted by Gasteiger charge is -2.06. The van der Waals surface area contributed by atoms with Crippen LogP contribution in [0, 0.1) is 0 Å². The molecule has 0 atom stereocenters. The number of para-hydroxylation sites is 3. The van der Waals surface area contributed by atoms with Gasteiger partial charge in [-0.05, 0) is 41.0 Å². The van der Waals surface area contributed by atoms with E-state index in [1.165, 1.54) is 21.9 Å². The molecule has 0 fully saturated rings. The van der Waals surface area contributed by atoms with Gasteiger partial charge in [-0.15, -0.1) is 0 Å². The maximum absolute atomic E-state index is 6.67. The third-order valence-electron chi connectivity index (χ3n) is 8.06. The van der Waals surface area contributed by atoms with Gasteiger partial charge >= 0.3 is 6.01 Å². The van der Waals surface area contributed by atoms with Gasteiger partial charge in [0.2, 0.25) is 0 Å². The summed E-state index contributed by atoms with van der Waals surface area (Å²) in [6.45, 7) is 0. The molecule has 0 saturated carbocycles. The molecule has 4 nitrogen and oxygen atoms in total. The third kappa shape index (κ3) is 3.25. The van der Waals surface area contributed by atoms with Crippen molar-refractivity contribution in [3.8, 4) is 28.3 Å². The second-order valence-corrected chi connectivity index (χ2v) is 10.4. The van der Waals surface area contributed by atoms with E-state index in [4.69, 9.17) is 13.8 Å². The summed E-state index contributed by atoms with van der Waals surface area (Å²) in [6.07, 6.45) is 0. The normalized spacial score (nSPS) is 11.9. The van der Waals surface area contributed by atoms with E-state index >= 15 is 0 Å². The zero-order valence-corrected chi connectivity index (χ0v) is 21.9. The van der Waals surface area contributed by atoms with Gasteiger partial charge in [0.1, 0.15) is 16.7 Å². The summed E-state index contributed by atoms with van der Waals surface area (Å²) in [4.78, 5) is 5.10.